The average Bonchev–Trinajstić information content (AvgIpc) is 2.58. The van der Waals surface area contributed by atoms with Gasteiger partial charge in [-0.25, -0.2) is 4.79 Å². The first-order valence-corrected chi connectivity index (χ1v) is 7.32. The van der Waals surface area contributed by atoms with Crippen molar-refractivity contribution in [3.63, 3.8) is 0 Å². The van der Waals surface area contributed by atoms with Crippen LogP contribution in [-0.2, 0) is 15.7 Å². The van der Waals surface area contributed by atoms with Gasteiger partial charge in [-0.3, -0.25) is 4.79 Å². The lowest BCUT2D eigenvalue weighted by molar-refractivity contribution is -0.147. The topological polar surface area (TPSA) is 52.6 Å². The standard InChI is InChI=1S/C17H12ClF3O4/c1-24-16(23)15(25-11-5-3-2-4-6-11)14(22)12-8-7-10(18)9-13(12)17(19,20)21/h2-9,15H,1H3. The van der Waals surface area contributed by atoms with Crippen molar-refractivity contribution in [1.82, 2.24) is 0 Å². The quantitative estimate of drug-likeness (QED) is 0.449. The first-order chi connectivity index (χ1) is 11.7. The molecule has 0 aliphatic heterocycles. The maximum atomic E-state index is 13.2. The van der Waals surface area contributed by atoms with E-state index in [2.05, 4.69) is 4.74 Å². The Morgan fingerprint density at radius 1 is 1.08 bits per heavy atom. The van der Waals surface area contributed by atoms with Gasteiger partial charge in [0.25, 0.3) is 6.10 Å². The van der Waals surface area contributed by atoms with Gasteiger partial charge in [0, 0.05) is 10.6 Å². The number of Topliss-reactive ketones (excluding diaryl/α,β-unsaturated/α-hetero) is 1. The molecule has 0 heterocycles. The number of methoxy groups -OCH3 is 1. The largest absolute Gasteiger partial charge is 0.470 e. The lowest BCUT2D eigenvalue weighted by Crippen LogP contribution is -2.37. The molecule has 0 aromatic heterocycles. The number of rotatable bonds is 5. The molecule has 0 N–H and O–H groups in total. The van der Waals surface area contributed by atoms with Gasteiger partial charge >= 0.3 is 12.1 Å². The Kier molecular flexibility index (Phi) is 5.69. The summed E-state index contributed by atoms with van der Waals surface area (Å²) in [5, 5.41) is -0.192. The fourth-order valence-electron chi connectivity index (χ4n) is 2.06. The molecule has 2 aromatic carbocycles. The van der Waals surface area contributed by atoms with Crippen LogP contribution in [0.3, 0.4) is 0 Å². The highest BCUT2D eigenvalue weighted by molar-refractivity contribution is 6.30. The van der Waals surface area contributed by atoms with Crippen LogP contribution in [0.25, 0.3) is 0 Å². The second kappa shape index (κ2) is 7.57. The second-order valence-corrected chi connectivity index (χ2v) is 5.32. The number of benzene rings is 2. The molecule has 8 heteroatoms. The summed E-state index contributed by atoms with van der Waals surface area (Å²) in [5.74, 6) is -2.16. The SMILES string of the molecule is COC(=O)C(Oc1ccccc1)C(=O)c1ccc(Cl)cc1C(F)(F)F. The Labute approximate surface area is 146 Å². The van der Waals surface area contributed by atoms with E-state index < -0.39 is 35.2 Å². The van der Waals surface area contributed by atoms with E-state index in [1.165, 1.54) is 12.1 Å². The van der Waals surface area contributed by atoms with Crippen molar-refractivity contribution in [2.75, 3.05) is 7.11 Å². The number of para-hydroxylation sites is 1. The number of halogens is 4. The average molecular weight is 373 g/mol. The normalized spacial score (nSPS) is 12.4. The lowest BCUT2D eigenvalue weighted by atomic mass is 9.99. The van der Waals surface area contributed by atoms with Crippen molar-refractivity contribution >= 4 is 23.4 Å². The highest BCUT2D eigenvalue weighted by Gasteiger charge is 2.39. The Bertz CT molecular complexity index is 775. The summed E-state index contributed by atoms with van der Waals surface area (Å²) >= 11 is 5.59. The summed E-state index contributed by atoms with van der Waals surface area (Å²) in [5.41, 5.74) is -1.99. The van der Waals surface area contributed by atoms with Gasteiger partial charge in [0.15, 0.2) is 0 Å². The molecule has 0 radical (unpaired) electrons. The zero-order valence-corrected chi connectivity index (χ0v) is 13.6. The molecule has 2 aromatic rings. The summed E-state index contributed by atoms with van der Waals surface area (Å²) in [6, 6.07) is 10.4. The van der Waals surface area contributed by atoms with Crippen molar-refractivity contribution in [3.05, 3.63) is 64.7 Å². The number of ketones is 1. The van der Waals surface area contributed by atoms with Crippen LogP contribution in [0.4, 0.5) is 13.2 Å². The maximum absolute atomic E-state index is 13.2. The summed E-state index contributed by atoms with van der Waals surface area (Å²) in [6.45, 7) is 0. The smallest absolute Gasteiger partial charge is 0.417 e. The molecular formula is C17H12ClF3O4. The zero-order valence-electron chi connectivity index (χ0n) is 12.8. The van der Waals surface area contributed by atoms with E-state index in [0.29, 0.717) is 6.07 Å². The third-order valence-electron chi connectivity index (χ3n) is 3.20. The first kappa shape index (κ1) is 18.8. The van der Waals surface area contributed by atoms with Gasteiger partial charge in [-0.05, 0) is 30.3 Å². The van der Waals surface area contributed by atoms with E-state index in [4.69, 9.17) is 16.3 Å². The van der Waals surface area contributed by atoms with Gasteiger partial charge in [-0.1, -0.05) is 29.8 Å². The van der Waals surface area contributed by atoms with Gasteiger partial charge in [0.2, 0.25) is 5.78 Å². The predicted molar refractivity (Wildman–Crippen MR) is 83.7 cm³/mol. The van der Waals surface area contributed by atoms with Gasteiger partial charge < -0.3 is 9.47 Å². The molecule has 0 saturated carbocycles. The molecule has 4 nitrogen and oxygen atoms in total. The molecule has 132 valence electrons. The Hall–Kier alpha value is -2.54. The number of hydrogen-bond acceptors (Lipinski definition) is 4. The summed E-state index contributed by atoms with van der Waals surface area (Å²) in [4.78, 5) is 24.4. The number of hydrogen-bond donors (Lipinski definition) is 0. The highest BCUT2D eigenvalue weighted by atomic mass is 35.5. The summed E-state index contributed by atoms with van der Waals surface area (Å²) < 4.78 is 49.3. The molecule has 0 bridgehead atoms. The van der Waals surface area contributed by atoms with E-state index in [0.717, 1.165) is 19.2 Å². The highest BCUT2D eigenvalue weighted by Crippen LogP contribution is 2.34. The van der Waals surface area contributed by atoms with Crippen molar-refractivity contribution in [2.45, 2.75) is 12.3 Å². The van der Waals surface area contributed by atoms with Crippen LogP contribution in [0.1, 0.15) is 15.9 Å². The van der Waals surface area contributed by atoms with Crippen LogP contribution >= 0.6 is 11.6 Å². The summed E-state index contributed by atoms with van der Waals surface area (Å²) in [6.07, 6.45) is -6.71. The van der Waals surface area contributed by atoms with E-state index in [9.17, 15) is 22.8 Å². The molecule has 0 aliphatic carbocycles. The van der Waals surface area contributed by atoms with E-state index in [1.807, 2.05) is 0 Å². The lowest BCUT2D eigenvalue weighted by Gasteiger charge is -2.18. The number of carbonyl (C=O) groups is 2. The molecule has 0 spiro atoms. The van der Waals surface area contributed by atoms with Crippen LogP contribution in [0.15, 0.2) is 48.5 Å². The van der Waals surface area contributed by atoms with E-state index in [-0.39, 0.29) is 10.8 Å². The molecule has 0 fully saturated rings. The fraction of sp³-hybridized carbons (Fsp3) is 0.176. The number of alkyl halides is 3. The fourth-order valence-corrected chi connectivity index (χ4v) is 2.23. The number of esters is 1. The Morgan fingerprint density at radius 2 is 1.72 bits per heavy atom. The van der Waals surface area contributed by atoms with Crippen LogP contribution < -0.4 is 4.74 Å². The van der Waals surface area contributed by atoms with Crippen LogP contribution in [-0.4, -0.2) is 25.0 Å². The molecule has 1 unspecified atom stereocenters. The van der Waals surface area contributed by atoms with Gasteiger partial charge in [0.05, 0.1) is 12.7 Å². The van der Waals surface area contributed by atoms with Crippen molar-refractivity contribution in [1.29, 1.82) is 0 Å². The molecular weight excluding hydrogens is 361 g/mol. The third-order valence-corrected chi connectivity index (χ3v) is 3.44. The Balaban J connectivity index is 2.45. The third kappa shape index (κ3) is 4.51. The van der Waals surface area contributed by atoms with Gasteiger partial charge in [-0.15, -0.1) is 0 Å². The summed E-state index contributed by atoms with van der Waals surface area (Å²) in [7, 11) is 1.00. The minimum Gasteiger partial charge on any atom is -0.470 e. The van der Waals surface area contributed by atoms with Gasteiger partial charge in [0.1, 0.15) is 5.75 Å². The maximum Gasteiger partial charge on any atom is 0.417 e. The van der Waals surface area contributed by atoms with Gasteiger partial charge in [-0.2, -0.15) is 13.2 Å². The monoisotopic (exact) mass is 372 g/mol. The molecule has 0 amide bonds. The minimum atomic E-state index is -4.83. The number of carbonyl (C=O) groups excluding carboxylic acids is 2. The molecule has 25 heavy (non-hydrogen) atoms. The first-order valence-electron chi connectivity index (χ1n) is 6.94. The minimum absolute atomic E-state index is 0.133. The van der Waals surface area contributed by atoms with Crippen molar-refractivity contribution in [3.8, 4) is 5.75 Å². The van der Waals surface area contributed by atoms with Crippen LogP contribution in [0.5, 0.6) is 5.75 Å². The van der Waals surface area contributed by atoms with Crippen molar-refractivity contribution in [2.24, 2.45) is 0 Å². The van der Waals surface area contributed by atoms with Crippen LogP contribution in [0.2, 0.25) is 5.02 Å². The van der Waals surface area contributed by atoms with E-state index >= 15 is 0 Å². The zero-order chi connectivity index (χ0) is 18.6. The van der Waals surface area contributed by atoms with E-state index in [1.54, 1.807) is 18.2 Å². The van der Waals surface area contributed by atoms with Crippen LogP contribution in [0, 0.1) is 0 Å². The number of ether oxygens (including phenoxy) is 2. The second-order valence-electron chi connectivity index (χ2n) is 4.89. The molecule has 0 saturated heterocycles. The predicted octanol–water partition coefficient (Wildman–Crippen LogP) is 4.16. The molecule has 1 atom stereocenters. The molecule has 0 aliphatic rings. The Morgan fingerprint density at radius 3 is 2.28 bits per heavy atom. The molecule has 2 rings (SSSR count). The van der Waals surface area contributed by atoms with Crippen molar-refractivity contribution < 1.29 is 32.2 Å².